The summed E-state index contributed by atoms with van der Waals surface area (Å²) in [4.78, 5) is 3.99. The number of hydrogen-bond donors (Lipinski definition) is 0. The highest BCUT2D eigenvalue weighted by molar-refractivity contribution is 5.09. The van der Waals surface area contributed by atoms with E-state index < -0.39 is 0 Å². The third-order valence-corrected chi connectivity index (χ3v) is 1.20. The molecule has 0 aromatic carbocycles. The molecule has 2 nitrogen and oxygen atoms in total. The Balaban J connectivity index is 0.000000671. The average Bonchev–Trinajstić information content (AvgIpc) is 2.23. The highest BCUT2D eigenvalue weighted by Gasteiger charge is 1.87. The molecule has 1 aromatic rings. The number of aromatic nitrogens is 1. The Morgan fingerprint density at radius 1 is 1.38 bits per heavy atom. The van der Waals surface area contributed by atoms with Crippen molar-refractivity contribution < 1.29 is 4.74 Å². The first-order valence-electron chi connectivity index (χ1n) is 4.58. The van der Waals surface area contributed by atoms with Gasteiger partial charge in [-0.2, -0.15) is 0 Å². The topological polar surface area (TPSA) is 22.1 Å². The van der Waals surface area contributed by atoms with Gasteiger partial charge in [-0.05, 0) is 13.0 Å². The molecule has 0 saturated carbocycles. The molecule has 2 heteroatoms. The molecule has 13 heavy (non-hydrogen) atoms. The lowest BCUT2D eigenvalue weighted by molar-refractivity contribution is 0.348. The molecule has 0 fully saturated rings. The second-order valence-corrected chi connectivity index (χ2v) is 2.05. The summed E-state index contributed by atoms with van der Waals surface area (Å²) in [6, 6.07) is 5.60. The number of rotatable bonds is 3. The minimum atomic E-state index is 0.591. The maximum Gasteiger partial charge on any atom is 0.213 e. The lowest BCUT2D eigenvalue weighted by Gasteiger charge is -1.98. The quantitative estimate of drug-likeness (QED) is 0.665. The van der Waals surface area contributed by atoms with Gasteiger partial charge in [0.15, 0.2) is 0 Å². The number of hydrogen-bond acceptors (Lipinski definition) is 2. The van der Waals surface area contributed by atoms with Gasteiger partial charge in [0, 0.05) is 12.3 Å². The molecule has 1 rings (SSSR count). The van der Waals surface area contributed by atoms with Crippen molar-refractivity contribution in [3.63, 3.8) is 0 Å². The highest BCUT2D eigenvalue weighted by Crippen LogP contribution is 2.02. The highest BCUT2D eigenvalue weighted by atomic mass is 16.5. The molecule has 0 saturated heterocycles. The largest absolute Gasteiger partial charge is 0.473 e. The predicted molar refractivity (Wildman–Crippen MR) is 55.9 cm³/mol. The Hall–Kier alpha value is -1.31. The second-order valence-electron chi connectivity index (χ2n) is 2.05. The predicted octanol–water partition coefficient (Wildman–Crippen LogP) is 3.06. The zero-order valence-electron chi connectivity index (χ0n) is 8.53. The third kappa shape index (κ3) is 5.91. The van der Waals surface area contributed by atoms with Gasteiger partial charge in [0.05, 0.1) is 0 Å². The van der Waals surface area contributed by atoms with Gasteiger partial charge in [-0.15, -0.1) is 0 Å². The van der Waals surface area contributed by atoms with Crippen molar-refractivity contribution >= 4 is 0 Å². The lowest BCUT2D eigenvalue weighted by atomic mass is 10.5. The molecule has 0 aliphatic heterocycles. The van der Waals surface area contributed by atoms with Crippen LogP contribution in [0.5, 0.6) is 5.88 Å². The van der Waals surface area contributed by atoms with Gasteiger partial charge >= 0.3 is 0 Å². The van der Waals surface area contributed by atoms with Crippen LogP contribution in [0, 0.1) is 0 Å². The molecule has 0 N–H and O–H groups in total. The van der Waals surface area contributed by atoms with Crippen LogP contribution in [0.3, 0.4) is 0 Å². The van der Waals surface area contributed by atoms with E-state index in [1.165, 1.54) is 0 Å². The fourth-order valence-electron chi connectivity index (χ4n) is 0.662. The maximum absolute atomic E-state index is 5.25. The van der Waals surface area contributed by atoms with E-state index in [1.807, 2.05) is 51.1 Å². The van der Waals surface area contributed by atoms with Gasteiger partial charge in [0.1, 0.15) is 6.61 Å². The Morgan fingerprint density at radius 3 is 2.69 bits per heavy atom. The summed E-state index contributed by atoms with van der Waals surface area (Å²) in [7, 11) is 0. The van der Waals surface area contributed by atoms with Crippen molar-refractivity contribution in [3.8, 4) is 5.88 Å². The van der Waals surface area contributed by atoms with Crippen LogP contribution in [0.1, 0.15) is 20.8 Å². The van der Waals surface area contributed by atoms with E-state index in [-0.39, 0.29) is 0 Å². The molecule has 0 aliphatic rings. The van der Waals surface area contributed by atoms with Gasteiger partial charge in [0.2, 0.25) is 5.88 Å². The fourth-order valence-corrected chi connectivity index (χ4v) is 0.662. The van der Waals surface area contributed by atoms with E-state index in [9.17, 15) is 0 Å². The molecule has 1 aromatic heterocycles. The molecule has 0 atom stereocenters. The first kappa shape index (κ1) is 11.7. The van der Waals surface area contributed by atoms with E-state index in [1.54, 1.807) is 6.20 Å². The minimum Gasteiger partial charge on any atom is -0.473 e. The van der Waals surface area contributed by atoms with Gasteiger partial charge in [-0.3, -0.25) is 0 Å². The maximum atomic E-state index is 5.25. The van der Waals surface area contributed by atoms with Crippen molar-refractivity contribution in [3.05, 3.63) is 36.5 Å². The van der Waals surface area contributed by atoms with Gasteiger partial charge in [0.25, 0.3) is 0 Å². The van der Waals surface area contributed by atoms with Gasteiger partial charge in [-0.25, -0.2) is 4.98 Å². The van der Waals surface area contributed by atoms with Crippen LogP contribution in [0.4, 0.5) is 0 Å². The summed E-state index contributed by atoms with van der Waals surface area (Å²) in [6.45, 7) is 6.55. The molecule has 0 unspecified atom stereocenters. The summed E-state index contributed by atoms with van der Waals surface area (Å²) < 4.78 is 5.25. The van der Waals surface area contributed by atoms with Crippen molar-refractivity contribution in [2.75, 3.05) is 6.61 Å². The summed E-state index contributed by atoms with van der Waals surface area (Å²) >= 11 is 0. The zero-order chi connectivity index (χ0) is 9.94. The van der Waals surface area contributed by atoms with Gasteiger partial charge < -0.3 is 4.74 Å². The second kappa shape index (κ2) is 8.78. The van der Waals surface area contributed by atoms with E-state index in [0.717, 1.165) is 0 Å². The zero-order valence-corrected chi connectivity index (χ0v) is 8.53. The number of ether oxygens (including phenoxy) is 1. The van der Waals surface area contributed by atoms with Crippen LogP contribution in [0.15, 0.2) is 36.5 Å². The van der Waals surface area contributed by atoms with Crippen LogP contribution in [0.25, 0.3) is 0 Å². The van der Waals surface area contributed by atoms with Crippen LogP contribution < -0.4 is 4.74 Å². The van der Waals surface area contributed by atoms with Crippen LogP contribution in [0.2, 0.25) is 0 Å². The Morgan fingerprint density at radius 2 is 2.15 bits per heavy atom. The van der Waals surface area contributed by atoms with Crippen LogP contribution in [-0.4, -0.2) is 11.6 Å². The molecular formula is C11H17NO. The average molecular weight is 179 g/mol. The number of nitrogens with zero attached hydrogens (tertiary/aromatic N) is 1. The molecular weight excluding hydrogens is 162 g/mol. The SMILES string of the molecule is C/C=C/COc1ccccn1.CC. The van der Waals surface area contributed by atoms with Crippen molar-refractivity contribution in [2.45, 2.75) is 20.8 Å². The lowest BCUT2D eigenvalue weighted by Crippen LogP contribution is -1.94. The van der Waals surface area contributed by atoms with Crippen molar-refractivity contribution in [2.24, 2.45) is 0 Å². The van der Waals surface area contributed by atoms with E-state index >= 15 is 0 Å². The summed E-state index contributed by atoms with van der Waals surface area (Å²) in [5.41, 5.74) is 0. The summed E-state index contributed by atoms with van der Waals surface area (Å²) in [6.07, 6.45) is 5.60. The monoisotopic (exact) mass is 179 g/mol. The normalized spacial score (nSPS) is 9.15. The number of allylic oxidation sites excluding steroid dienone is 1. The van der Waals surface area contributed by atoms with Crippen LogP contribution in [-0.2, 0) is 0 Å². The van der Waals surface area contributed by atoms with E-state index in [4.69, 9.17) is 4.74 Å². The van der Waals surface area contributed by atoms with Crippen LogP contribution >= 0.6 is 0 Å². The molecule has 0 amide bonds. The summed E-state index contributed by atoms with van der Waals surface area (Å²) in [5.74, 6) is 0.672. The first-order valence-corrected chi connectivity index (χ1v) is 4.58. The standard InChI is InChI=1S/C9H11NO.C2H6/c1-2-3-8-11-9-6-4-5-7-10-9;1-2/h2-7H,8H2,1H3;1-2H3/b3-2+;. The molecule has 0 radical (unpaired) electrons. The van der Waals surface area contributed by atoms with Crippen molar-refractivity contribution in [1.29, 1.82) is 0 Å². The molecule has 0 bridgehead atoms. The fraction of sp³-hybridized carbons (Fsp3) is 0.364. The van der Waals surface area contributed by atoms with Gasteiger partial charge in [-0.1, -0.05) is 32.1 Å². The molecule has 1 heterocycles. The number of pyridine rings is 1. The minimum absolute atomic E-state index is 0.591. The smallest absolute Gasteiger partial charge is 0.213 e. The Kier molecular flexibility index (Phi) is 7.90. The Bertz CT molecular complexity index is 219. The van der Waals surface area contributed by atoms with E-state index in [2.05, 4.69) is 4.98 Å². The molecule has 0 aliphatic carbocycles. The first-order chi connectivity index (χ1) is 6.43. The van der Waals surface area contributed by atoms with E-state index in [0.29, 0.717) is 12.5 Å². The third-order valence-electron chi connectivity index (χ3n) is 1.20. The molecule has 0 spiro atoms. The Labute approximate surface area is 80.3 Å². The molecule has 72 valence electrons. The summed E-state index contributed by atoms with van der Waals surface area (Å²) in [5, 5.41) is 0. The van der Waals surface area contributed by atoms with Crippen molar-refractivity contribution in [1.82, 2.24) is 4.98 Å².